The molecule has 1 rings (SSSR count). The number of hydrogen-bond acceptors (Lipinski definition) is 2. The van der Waals surface area contributed by atoms with Crippen molar-refractivity contribution in [3.05, 3.63) is 0 Å². The van der Waals surface area contributed by atoms with E-state index in [0.717, 1.165) is 12.1 Å². The highest BCUT2D eigenvalue weighted by atomic mass is 15.2. The molecule has 0 spiro atoms. The summed E-state index contributed by atoms with van der Waals surface area (Å²) in [6, 6.07) is 1.59. The fourth-order valence-corrected chi connectivity index (χ4v) is 2.29. The fourth-order valence-electron chi connectivity index (χ4n) is 2.29. The number of hydrogen-bond donors (Lipinski definition) is 1. The highest BCUT2D eigenvalue weighted by molar-refractivity contribution is 4.86. The van der Waals surface area contributed by atoms with Crippen LogP contribution < -0.4 is 5.32 Å². The van der Waals surface area contributed by atoms with E-state index in [1.807, 2.05) is 0 Å². The zero-order valence-corrected chi connectivity index (χ0v) is 10.1. The SMILES string of the molecule is CCCCCC(C)N(CC)C1CNC1. The zero-order valence-electron chi connectivity index (χ0n) is 10.1. The Morgan fingerprint density at radius 2 is 2.00 bits per heavy atom. The van der Waals surface area contributed by atoms with Crippen LogP contribution in [0.15, 0.2) is 0 Å². The van der Waals surface area contributed by atoms with E-state index in [1.165, 1.54) is 45.3 Å². The van der Waals surface area contributed by atoms with Crippen LogP contribution in [0.4, 0.5) is 0 Å². The number of likely N-dealkylation sites (N-methyl/N-ethyl adjacent to an activating group) is 1. The van der Waals surface area contributed by atoms with Crippen molar-refractivity contribution < 1.29 is 0 Å². The Labute approximate surface area is 89.1 Å². The van der Waals surface area contributed by atoms with Gasteiger partial charge in [0.25, 0.3) is 0 Å². The van der Waals surface area contributed by atoms with Gasteiger partial charge in [-0.3, -0.25) is 4.90 Å². The maximum absolute atomic E-state index is 3.36. The second kappa shape index (κ2) is 6.41. The van der Waals surface area contributed by atoms with Crippen molar-refractivity contribution in [2.45, 2.75) is 58.5 Å². The molecule has 1 atom stereocenters. The van der Waals surface area contributed by atoms with Gasteiger partial charge in [-0.15, -0.1) is 0 Å². The molecule has 1 aliphatic heterocycles. The fraction of sp³-hybridized carbons (Fsp3) is 1.00. The van der Waals surface area contributed by atoms with Crippen LogP contribution in [0.1, 0.15) is 46.5 Å². The van der Waals surface area contributed by atoms with Gasteiger partial charge >= 0.3 is 0 Å². The van der Waals surface area contributed by atoms with Crippen LogP contribution in [0.2, 0.25) is 0 Å². The Morgan fingerprint density at radius 3 is 2.43 bits per heavy atom. The minimum atomic E-state index is 0.777. The van der Waals surface area contributed by atoms with E-state index in [0.29, 0.717) is 0 Å². The molecule has 84 valence electrons. The molecule has 1 fully saturated rings. The van der Waals surface area contributed by atoms with Crippen LogP contribution in [-0.2, 0) is 0 Å². The van der Waals surface area contributed by atoms with Crippen molar-refractivity contribution in [2.24, 2.45) is 0 Å². The Morgan fingerprint density at radius 1 is 1.29 bits per heavy atom. The summed E-state index contributed by atoms with van der Waals surface area (Å²) in [4.78, 5) is 2.66. The lowest BCUT2D eigenvalue weighted by atomic mass is 10.0. The van der Waals surface area contributed by atoms with Crippen molar-refractivity contribution in [3.63, 3.8) is 0 Å². The average molecular weight is 198 g/mol. The standard InChI is InChI=1S/C12H26N2/c1-4-6-7-8-11(3)14(5-2)12-9-13-10-12/h11-13H,4-10H2,1-3H3. The van der Waals surface area contributed by atoms with E-state index >= 15 is 0 Å². The van der Waals surface area contributed by atoms with Gasteiger partial charge in [-0.25, -0.2) is 0 Å². The summed E-state index contributed by atoms with van der Waals surface area (Å²) in [6.45, 7) is 10.6. The summed E-state index contributed by atoms with van der Waals surface area (Å²) in [5.41, 5.74) is 0. The number of nitrogens with one attached hydrogen (secondary N) is 1. The maximum atomic E-state index is 3.36. The van der Waals surface area contributed by atoms with Gasteiger partial charge in [0.2, 0.25) is 0 Å². The first-order valence-corrected chi connectivity index (χ1v) is 6.26. The maximum Gasteiger partial charge on any atom is 0.0348 e. The monoisotopic (exact) mass is 198 g/mol. The van der Waals surface area contributed by atoms with Crippen LogP contribution in [0.3, 0.4) is 0 Å². The van der Waals surface area contributed by atoms with E-state index < -0.39 is 0 Å². The molecular formula is C12H26N2. The predicted molar refractivity (Wildman–Crippen MR) is 62.6 cm³/mol. The van der Waals surface area contributed by atoms with Crippen molar-refractivity contribution in [3.8, 4) is 0 Å². The smallest absolute Gasteiger partial charge is 0.0348 e. The second-order valence-electron chi connectivity index (χ2n) is 4.49. The van der Waals surface area contributed by atoms with Crippen LogP contribution in [-0.4, -0.2) is 36.6 Å². The first-order chi connectivity index (χ1) is 6.79. The summed E-state index contributed by atoms with van der Waals surface area (Å²) < 4.78 is 0. The van der Waals surface area contributed by atoms with Crippen molar-refractivity contribution in [1.29, 1.82) is 0 Å². The van der Waals surface area contributed by atoms with E-state index in [9.17, 15) is 0 Å². The lowest BCUT2D eigenvalue weighted by Crippen LogP contribution is -2.59. The molecule has 1 saturated heterocycles. The van der Waals surface area contributed by atoms with Gasteiger partial charge in [0.05, 0.1) is 0 Å². The third-order valence-corrected chi connectivity index (χ3v) is 3.39. The highest BCUT2D eigenvalue weighted by Gasteiger charge is 2.26. The van der Waals surface area contributed by atoms with Gasteiger partial charge in [-0.2, -0.15) is 0 Å². The predicted octanol–water partition coefficient (Wildman–Crippen LogP) is 2.25. The highest BCUT2D eigenvalue weighted by Crippen LogP contribution is 2.14. The Hall–Kier alpha value is -0.0800. The number of nitrogens with zero attached hydrogens (tertiary/aromatic N) is 1. The van der Waals surface area contributed by atoms with Crippen LogP contribution in [0, 0.1) is 0 Å². The first kappa shape index (κ1) is 12.0. The van der Waals surface area contributed by atoms with Crippen molar-refractivity contribution in [2.75, 3.05) is 19.6 Å². The summed E-state index contributed by atoms with van der Waals surface area (Å²) in [6.07, 6.45) is 5.50. The molecule has 1 N–H and O–H groups in total. The van der Waals surface area contributed by atoms with Gasteiger partial charge in [0, 0.05) is 25.2 Å². The molecule has 1 unspecified atom stereocenters. The third kappa shape index (κ3) is 3.25. The van der Waals surface area contributed by atoms with Gasteiger partial charge in [-0.1, -0.05) is 33.1 Å². The lowest BCUT2D eigenvalue weighted by Gasteiger charge is -2.41. The van der Waals surface area contributed by atoms with Crippen molar-refractivity contribution in [1.82, 2.24) is 10.2 Å². The average Bonchev–Trinajstić information content (AvgIpc) is 2.11. The molecule has 0 aliphatic carbocycles. The van der Waals surface area contributed by atoms with Crippen LogP contribution >= 0.6 is 0 Å². The minimum Gasteiger partial charge on any atom is -0.314 e. The van der Waals surface area contributed by atoms with Gasteiger partial charge in [0.15, 0.2) is 0 Å². The number of unbranched alkanes of at least 4 members (excludes halogenated alkanes) is 2. The molecule has 1 heterocycles. The largest absolute Gasteiger partial charge is 0.314 e. The Kier molecular flexibility index (Phi) is 5.49. The number of rotatable bonds is 7. The quantitative estimate of drug-likeness (QED) is 0.631. The molecule has 0 amide bonds. The van der Waals surface area contributed by atoms with Gasteiger partial charge in [-0.05, 0) is 19.9 Å². The summed E-state index contributed by atoms with van der Waals surface area (Å²) in [5.74, 6) is 0. The summed E-state index contributed by atoms with van der Waals surface area (Å²) in [5, 5.41) is 3.36. The summed E-state index contributed by atoms with van der Waals surface area (Å²) >= 11 is 0. The van der Waals surface area contributed by atoms with Crippen LogP contribution in [0.25, 0.3) is 0 Å². The minimum absolute atomic E-state index is 0.777. The van der Waals surface area contributed by atoms with Crippen LogP contribution in [0.5, 0.6) is 0 Å². The zero-order chi connectivity index (χ0) is 10.4. The molecular weight excluding hydrogens is 172 g/mol. The molecule has 0 aromatic heterocycles. The topological polar surface area (TPSA) is 15.3 Å². The third-order valence-electron chi connectivity index (χ3n) is 3.39. The van der Waals surface area contributed by atoms with E-state index in [1.54, 1.807) is 0 Å². The molecule has 2 nitrogen and oxygen atoms in total. The molecule has 0 aromatic rings. The molecule has 0 bridgehead atoms. The molecule has 1 aliphatic rings. The molecule has 14 heavy (non-hydrogen) atoms. The van der Waals surface area contributed by atoms with E-state index in [2.05, 4.69) is 31.0 Å². The van der Waals surface area contributed by atoms with Gasteiger partial charge in [0.1, 0.15) is 0 Å². The normalized spacial score (nSPS) is 19.7. The van der Waals surface area contributed by atoms with Gasteiger partial charge < -0.3 is 5.32 Å². The Bertz CT molecular complexity index is 143. The molecule has 0 radical (unpaired) electrons. The Balaban J connectivity index is 2.20. The second-order valence-corrected chi connectivity index (χ2v) is 4.49. The molecule has 2 heteroatoms. The molecule has 0 aromatic carbocycles. The molecule has 0 saturated carbocycles. The van der Waals surface area contributed by atoms with Crippen molar-refractivity contribution >= 4 is 0 Å². The lowest BCUT2D eigenvalue weighted by molar-refractivity contribution is 0.103. The first-order valence-electron chi connectivity index (χ1n) is 6.26. The summed E-state index contributed by atoms with van der Waals surface area (Å²) in [7, 11) is 0. The van der Waals surface area contributed by atoms with E-state index in [4.69, 9.17) is 0 Å². The van der Waals surface area contributed by atoms with E-state index in [-0.39, 0.29) is 0 Å².